The molecule has 32 heavy (non-hydrogen) atoms. The maximum absolute atomic E-state index is 13.5. The lowest BCUT2D eigenvalue weighted by molar-refractivity contribution is -0.132. The number of rotatable bonds is 9. The first-order valence-corrected chi connectivity index (χ1v) is 11.7. The average molecular weight is 458 g/mol. The molecule has 172 valence electrons. The first-order valence-electron chi connectivity index (χ1n) is 11.3. The fourth-order valence-electron chi connectivity index (χ4n) is 4.15. The molecule has 2 aromatic carbocycles. The molecule has 1 saturated carbocycles. The molecule has 1 aliphatic carbocycles. The van der Waals surface area contributed by atoms with Gasteiger partial charge in [0, 0.05) is 17.1 Å². The third kappa shape index (κ3) is 6.63. The van der Waals surface area contributed by atoms with Gasteiger partial charge < -0.3 is 10.1 Å². The van der Waals surface area contributed by atoms with Crippen LogP contribution in [0.15, 0.2) is 48.5 Å². The number of halogens is 1. The average Bonchev–Trinajstić information content (AvgIpc) is 2.82. The Morgan fingerprint density at radius 2 is 1.84 bits per heavy atom. The van der Waals surface area contributed by atoms with Gasteiger partial charge in [0.05, 0.1) is 12.8 Å². The van der Waals surface area contributed by atoms with Crippen molar-refractivity contribution in [3.8, 4) is 5.75 Å². The van der Waals surface area contributed by atoms with Crippen molar-refractivity contribution in [1.29, 1.82) is 0 Å². The number of nitrogens with one attached hydrogen (secondary N) is 2. The van der Waals surface area contributed by atoms with Crippen LogP contribution in [0.1, 0.15) is 55.8 Å². The number of hydrogen-bond acceptors (Lipinski definition) is 4. The molecule has 0 aliphatic heterocycles. The number of carbonyl (C=O) groups is 2. The predicted molar refractivity (Wildman–Crippen MR) is 128 cm³/mol. The van der Waals surface area contributed by atoms with Gasteiger partial charge in [0.2, 0.25) is 0 Å². The topological polar surface area (TPSA) is 70.7 Å². The van der Waals surface area contributed by atoms with Crippen LogP contribution < -0.4 is 15.5 Å². The highest BCUT2D eigenvalue weighted by molar-refractivity contribution is 6.31. The van der Waals surface area contributed by atoms with Crippen LogP contribution in [0.3, 0.4) is 0 Å². The summed E-state index contributed by atoms with van der Waals surface area (Å²) in [6, 6.07) is 13.5. The molecule has 0 saturated heterocycles. The summed E-state index contributed by atoms with van der Waals surface area (Å²) in [7, 11) is 1.61. The van der Waals surface area contributed by atoms with Crippen molar-refractivity contribution in [1.82, 2.24) is 10.3 Å². The number of benzene rings is 2. The van der Waals surface area contributed by atoms with E-state index < -0.39 is 6.04 Å². The smallest absolute Gasteiger partial charge is 0.263 e. The molecule has 3 rings (SSSR count). The Kier molecular flexibility index (Phi) is 8.80. The first-order chi connectivity index (χ1) is 15.5. The first kappa shape index (κ1) is 23.9. The minimum absolute atomic E-state index is 0.149. The highest BCUT2D eigenvalue weighted by Crippen LogP contribution is 2.28. The van der Waals surface area contributed by atoms with E-state index in [4.69, 9.17) is 16.3 Å². The van der Waals surface area contributed by atoms with Crippen molar-refractivity contribution in [2.45, 2.75) is 51.5 Å². The molecule has 1 fully saturated rings. The van der Waals surface area contributed by atoms with Crippen LogP contribution in [0.4, 0.5) is 5.69 Å². The van der Waals surface area contributed by atoms with Crippen LogP contribution in [-0.2, 0) is 4.79 Å². The fourth-order valence-corrected chi connectivity index (χ4v) is 4.34. The number of nitrogens with zero attached hydrogens (tertiary/aromatic N) is 1. The molecule has 0 aromatic heterocycles. The van der Waals surface area contributed by atoms with Crippen LogP contribution in [0.2, 0.25) is 5.02 Å². The van der Waals surface area contributed by atoms with Gasteiger partial charge in [0.25, 0.3) is 11.8 Å². The number of carbonyl (C=O) groups excluding carboxylic acids is 2. The van der Waals surface area contributed by atoms with Crippen molar-refractivity contribution < 1.29 is 14.3 Å². The lowest BCUT2D eigenvalue weighted by Gasteiger charge is -2.31. The highest BCUT2D eigenvalue weighted by Gasteiger charge is 2.29. The normalized spacial score (nSPS) is 15.0. The maximum Gasteiger partial charge on any atom is 0.263 e. The molecule has 1 atom stereocenters. The standard InChI is InChI=1S/C25H32ClN3O3/c1-3-29(28-21-12-14-22(32-2)15-13-21)25(31)23(16-18-8-5-4-6-9-18)27-24(30)19-10-7-11-20(26)17-19/h7,10-15,17-18,23,28H,3-6,8-9,16H2,1-2H3,(H,27,30). The van der Waals surface area contributed by atoms with E-state index in [1.807, 2.05) is 31.2 Å². The zero-order valence-electron chi connectivity index (χ0n) is 18.8. The van der Waals surface area contributed by atoms with E-state index in [1.54, 1.807) is 36.4 Å². The number of ether oxygens (including phenoxy) is 1. The van der Waals surface area contributed by atoms with Crippen molar-refractivity contribution in [2.75, 3.05) is 19.1 Å². The van der Waals surface area contributed by atoms with Crippen LogP contribution >= 0.6 is 11.6 Å². The van der Waals surface area contributed by atoms with Crippen molar-refractivity contribution >= 4 is 29.1 Å². The van der Waals surface area contributed by atoms with Crippen LogP contribution in [-0.4, -0.2) is 36.5 Å². The van der Waals surface area contributed by atoms with Crippen molar-refractivity contribution in [2.24, 2.45) is 5.92 Å². The Labute approximate surface area is 195 Å². The molecule has 0 spiro atoms. The largest absolute Gasteiger partial charge is 0.497 e. The Morgan fingerprint density at radius 1 is 1.12 bits per heavy atom. The summed E-state index contributed by atoms with van der Waals surface area (Å²) in [5.41, 5.74) is 4.40. The number of amides is 2. The van der Waals surface area contributed by atoms with Crippen LogP contribution in [0, 0.1) is 5.92 Å². The maximum atomic E-state index is 13.5. The molecule has 2 N–H and O–H groups in total. The Hall–Kier alpha value is -2.73. The quantitative estimate of drug-likeness (QED) is 0.502. The van der Waals surface area contributed by atoms with Gasteiger partial charge in [-0.05, 0) is 61.7 Å². The van der Waals surface area contributed by atoms with E-state index in [0.717, 1.165) is 24.3 Å². The molecule has 1 unspecified atom stereocenters. The molecule has 0 heterocycles. The number of anilines is 1. The van der Waals surface area contributed by atoms with E-state index >= 15 is 0 Å². The Bertz CT molecular complexity index is 898. The molecule has 1 aliphatic rings. The minimum atomic E-state index is -0.615. The van der Waals surface area contributed by atoms with E-state index in [-0.39, 0.29) is 11.8 Å². The van der Waals surface area contributed by atoms with Crippen LogP contribution in [0.25, 0.3) is 0 Å². The lowest BCUT2D eigenvalue weighted by atomic mass is 9.84. The molecule has 7 heteroatoms. The molecular formula is C25H32ClN3O3. The van der Waals surface area contributed by atoms with Gasteiger partial charge in [-0.25, -0.2) is 0 Å². The summed E-state index contributed by atoms with van der Waals surface area (Å²) in [4.78, 5) is 26.4. The summed E-state index contributed by atoms with van der Waals surface area (Å²) in [5, 5.41) is 5.03. The zero-order valence-corrected chi connectivity index (χ0v) is 19.5. The number of methoxy groups -OCH3 is 1. The van der Waals surface area contributed by atoms with Crippen LogP contribution in [0.5, 0.6) is 5.75 Å². The highest BCUT2D eigenvalue weighted by atomic mass is 35.5. The van der Waals surface area contributed by atoms with Crippen molar-refractivity contribution in [3.05, 3.63) is 59.1 Å². The van der Waals surface area contributed by atoms with Gasteiger partial charge in [-0.15, -0.1) is 0 Å². The van der Waals surface area contributed by atoms with E-state index in [9.17, 15) is 9.59 Å². The van der Waals surface area contributed by atoms with Gasteiger partial charge in [-0.2, -0.15) is 0 Å². The summed E-state index contributed by atoms with van der Waals surface area (Å²) in [6.07, 6.45) is 6.41. The number of likely N-dealkylation sites (N-methyl/N-ethyl adjacent to an activating group) is 1. The number of hydrazine groups is 1. The van der Waals surface area contributed by atoms with Gasteiger partial charge in [-0.3, -0.25) is 20.0 Å². The number of hydrogen-bond donors (Lipinski definition) is 2. The monoisotopic (exact) mass is 457 g/mol. The minimum Gasteiger partial charge on any atom is -0.497 e. The zero-order chi connectivity index (χ0) is 22.9. The lowest BCUT2D eigenvalue weighted by Crippen LogP contribution is -2.51. The molecule has 0 bridgehead atoms. The van der Waals surface area contributed by atoms with E-state index in [1.165, 1.54) is 19.3 Å². The summed E-state index contributed by atoms with van der Waals surface area (Å²) >= 11 is 6.05. The van der Waals surface area contributed by atoms with E-state index in [0.29, 0.717) is 29.5 Å². The molecule has 6 nitrogen and oxygen atoms in total. The summed E-state index contributed by atoms with van der Waals surface area (Å²) in [5.74, 6) is 0.734. The fraction of sp³-hybridized carbons (Fsp3) is 0.440. The summed E-state index contributed by atoms with van der Waals surface area (Å²) in [6.45, 7) is 2.37. The van der Waals surface area contributed by atoms with Gasteiger partial charge in [-0.1, -0.05) is 49.8 Å². The molecule has 2 amide bonds. The second kappa shape index (κ2) is 11.8. The van der Waals surface area contributed by atoms with Gasteiger partial charge in [0.1, 0.15) is 11.8 Å². The third-order valence-electron chi connectivity index (χ3n) is 5.92. The Morgan fingerprint density at radius 3 is 2.47 bits per heavy atom. The summed E-state index contributed by atoms with van der Waals surface area (Å²) < 4.78 is 5.20. The molecule has 2 aromatic rings. The third-order valence-corrected chi connectivity index (χ3v) is 6.16. The SMILES string of the molecule is CCN(Nc1ccc(OC)cc1)C(=O)C(CC1CCCCC1)NC(=O)c1cccc(Cl)c1. The predicted octanol–water partition coefficient (Wildman–Crippen LogP) is 5.29. The molecule has 0 radical (unpaired) electrons. The van der Waals surface area contributed by atoms with E-state index in [2.05, 4.69) is 10.7 Å². The Balaban J connectivity index is 1.75. The second-order valence-corrected chi connectivity index (χ2v) is 8.64. The van der Waals surface area contributed by atoms with Gasteiger partial charge >= 0.3 is 0 Å². The second-order valence-electron chi connectivity index (χ2n) is 8.20. The van der Waals surface area contributed by atoms with Gasteiger partial charge in [0.15, 0.2) is 0 Å². The van der Waals surface area contributed by atoms with Crippen molar-refractivity contribution in [3.63, 3.8) is 0 Å². The molecular weight excluding hydrogens is 426 g/mol.